The maximum Gasteiger partial charge on any atom is 0.261 e. The molecule has 4 rings (SSSR count). The van der Waals surface area contributed by atoms with Gasteiger partial charge in [-0.1, -0.05) is 18.2 Å². The summed E-state index contributed by atoms with van der Waals surface area (Å²) in [7, 11) is -2.12. The summed E-state index contributed by atoms with van der Waals surface area (Å²) in [6, 6.07) is 15.3. The summed E-state index contributed by atoms with van der Waals surface area (Å²) < 4.78 is 46.5. The topological polar surface area (TPSA) is 75.7 Å². The second-order valence-electron chi connectivity index (χ2n) is 7.14. The lowest BCUT2D eigenvalue weighted by atomic mass is 10.1. The van der Waals surface area contributed by atoms with Crippen molar-refractivity contribution in [3.8, 4) is 11.5 Å². The van der Waals surface area contributed by atoms with E-state index in [4.69, 9.17) is 4.74 Å². The highest BCUT2D eigenvalue weighted by Crippen LogP contribution is 2.39. The molecule has 154 valence electrons. The lowest BCUT2D eigenvalue weighted by molar-refractivity contribution is 0.0993. The predicted molar refractivity (Wildman–Crippen MR) is 113 cm³/mol. The van der Waals surface area contributed by atoms with Crippen LogP contribution in [0.1, 0.15) is 21.5 Å². The molecule has 8 heteroatoms. The summed E-state index contributed by atoms with van der Waals surface area (Å²) in [6.45, 7) is 1.92. The largest absolute Gasteiger partial charge is 0.454 e. The quantitative estimate of drug-likeness (QED) is 0.668. The number of rotatable bonds is 4. The van der Waals surface area contributed by atoms with Crippen molar-refractivity contribution < 1.29 is 22.3 Å². The van der Waals surface area contributed by atoms with Crippen LogP contribution in [-0.2, 0) is 15.8 Å². The Kier molecular flexibility index (Phi) is 4.95. The molecule has 1 heterocycles. The standard InChI is InChI=1S/C22H19FN2O4S/c1-14-3-9-21-19(11-14)25(2)22(26)18-12-17(8-10-20(18)29-21)24-30(27,28)13-15-4-6-16(23)7-5-15/h3-12,24H,13H2,1-2H3. The molecule has 0 bridgehead atoms. The van der Waals surface area contributed by atoms with E-state index in [0.717, 1.165) is 5.56 Å². The number of nitrogens with one attached hydrogen (secondary N) is 1. The second kappa shape index (κ2) is 7.46. The van der Waals surface area contributed by atoms with Crippen LogP contribution in [0.15, 0.2) is 60.7 Å². The Morgan fingerprint density at radius 1 is 1.00 bits per heavy atom. The fourth-order valence-electron chi connectivity index (χ4n) is 3.25. The van der Waals surface area contributed by atoms with Crippen molar-refractivity contribution in [3.05, 3.63) is 83.2 Å². The number of nitrogens with zero attached hydrogens (tertiary/aromatic N) is 1. The molecule has 3 aromatic carbocycles. The van der Waals surface area contributed by atoms with Gasteiger partial charge in [-0.3, -0.25) is 9.52 Å². The number of sulfonamides is 1. The molecule has 0 saturated carbocycles. The van der Waals surface area contributed by atoms with E-state index < -0.39 is 15.8 Å². The Hall–Kier alpha value is -3.39. The van der Waals surface area contributed by atoms with E-state index >= 15 is 0 Å². The van der Waals surface area contributed by atoms with Gasteiger partial charge in [0.25, 0.3) is 5.91 Å². The zero-order valence-corrected chi connectivity index (χ0v) is 17.2. The maximum atomic E-state index is 13.0. The summed E-state index contributed by atoms with van der Waals surface area (Å²) in [5.41, 5.74) is 2.55. The first-order valence-corrected chi connectivity index (χ1v) is 10.8. The van der Waals surface area contributed by atoms with E-state index in [2.05, 4.69) is 4.72 Å². The molecule has 1 N–H and O–H groups in total. The van der Waals surface area contributed by atoms with Crippen LogP contribution in [0.25, 0.3) is 0 Å². The SMILES string of the molecule is Cc1ccc2c(c1)N(C)C(=O)c1cc(NS(=O)(=O)Cc3ccc(F)cc3)ccc1O2. The van der Waals surface area contributed by atoms with E-state index in [9.17, 15) is 17.6 Å². The Balaban J connectivity index is 1.62. The van der Waals surface area contributed by atoms with E-state index in [1.165, 1.54) is 41.3 Å². The van der Waals surface area contributed by atoms with Gasteiger partial charge in [-0.15, -0.1) is 0 Å². The van der Waals surface area contributed by atoms with Crippen molar-refractivity contribution in [1.29, 1.82) is 0 Å². The second-order valence-corrected chi connectivity index (χ2v) is 8.86. The number of carbonyl (C=O) groups is 1. The first-order valence-electron chi connectivity index (χ1n) is 9.17. The molecule has 3 aromatic rings. The molecule has 0 radical (unpaired) electrons. The fraction of sp³-hybridized carbons (Fsp3) is 0.136. The van der Waals surface area contributed by atoms with Crippen LogP contribution in [0.2, 0.25) is 0 Å². The van der Waals surface area contributed by atoms with Gasteiger partial charge < -0.3 is 9.64 Å². The van der Waals surface area contributed by atoms with E-state index in [-0.39, 0.29) is 22.9 Å². The molecular formula is C22H19FN2O4S. The highest BCUT2D eigenvalue weighted by atomic mass is 32.2. The third-order valence-corrected chi connectivity index (χ3v) is 6.01. The third kappa shape index (κ3) is 3.99. The van der Waals surface area contributed by atoms with E-state index in [1.807, 2.05) is 19.1 Å². The molecule has 0 saturated heterocycles. The average molecular weight is 426 g/mol. The summed E-state index contributed by atoms with van der Waals surface area (Å²) in [4.78, 5) is 14.5. The lowest BCUT2D eigenvalue weighted by Gasteiger charge is -2.17. The minimum Gasteiger partial charge on any atom is -0.454 e. The first-order chi connectivity index (χ1) is 14.2. The number of benzene rings is 3. The maximum absolute atomic E-state index is 13.0. The van der Waals surface area contributed by atoms with Crippen molar-refractivity contribution >= 4 is 27.3 Å². The van der Waals surface area contributed by atoms with Gasteiger partial charge in [0.15, 0.2) is 5.75 Å². The van der Waals surface area contributed by atoms with Crippen molar-refractivity contribution in [2.75, 3.05) is 16.7 Å². The van der Waals surface area contributed by atoms with Crippen LogP contribution in [0.3, 0.4) is 0 Å². The van der Waals surface area contributed by atoms with Gasteiger partial charge in [0.2, 0.25) is 10.0 Å². The number of halogens is 1. The Labute approximate surface area is 174 Å². The van der Waals surface area contributed by atoms with Crippen LogP contribution in [0.4, 0.5) is 15.8 Å². The van der Waals surface area contributed by atoms with Gasteiger partial charge in [0.05, 0.1) is 17.0 Å². The number of hydrogen-bond acceptors (Lipinski definition) is 4. The van der Waals surface area contributed by atoms with E-state index in [0.29, 0.717) is 22.7 Å². The van der Waals surface area contributed by atoms with Gasteiger partial charge in [-0.05, 0) is 60.5 Å². The number of aryl methyl sites for hydroxylation is 1. The van der Waals surface area contributed by atoms with Gasteiger partial charge in [-0.25, -0.2) is 12.8 Å². The van der Waals surface area contributed by atoms with Gasteiger partial charge in [0, 0.05) is 12.7 Å². The Morgan fingerprint density at radius 2 is 1.70 bits per heavy atom. The lowest BCUT2D eigenvalue weighted by Crippen LogP contribution is -2.25. The molecule has 0 spiro atoms. The number of amides is 1. The molecule has 0 aromatic heterocycles. The van der Waals surface area contributed by atoms with Crippen molar-refractivity contribution in [1.82, 2.24) is 0 Å². The summed E-state index contributed by atoms with van der Waals surface area (Å²) >= 11 is 0. The predicted octanol–water partition coefficient (Wildman–Crippen LogP) is 4.46. The number of anilines is 2. The van der Waals surface area contributed by atoms with Crippen LogP contribution in [0, 0.1) is 12.7 Å². The first kappa shape index (κ1) is 19.9. The molecule has 0 atom stereocenters. The normalized spacial score (nSPS) is 13.2. The highest BCUT2D eigenvalue weighted by Gasteiger charge is 2.26. The highest BCUT2D eigenvalue weighted by molar-refractivity contribution is 7.91. The Morgan fingerprint density at radius 3 is 2.43 bits per heavy atom. The van der Waals surface area contributed by atoms with Crippen LogP contribution in [0.5, 0.6) is 11.5 Å². The van der Waals surface area contributed by atoms with Crippen LogP contribution >= 0.6 is 0 Å². The van der Waals surface area contributed by atoms with Gasteiger partial charge in [-0.2, -0.15) is 0 Å². The van der Waals surface area contributed by atoms with Gasteiger partial charge in [0.1, 0.15) is 11.6 Å². The van der Waals surface area contributed by atoms with Gasteiger partial charge >= 0.3 is 0 Å². The molecule has 0 fully saturated rings. The van der Waals surface area contributed by atoms with Crippen molar-refractivity contribution in [3.63, 3.8) is 0 Å². The number of ether oxygens (including phenoxy) is 1. The van der Waals surface area contributed by atoms with Crippen LogP contribution < -0.4 is 14.4 Å². The molecule has 6 nitrogen and oxygen atoms in total. The minimum atomic E-state index is -3.76. The minimum absolute atomic E-state index is 0.239. The molecule has 0 unspecified atom stereocenters. The van der Waals surface area contributed by atoms with Crippen molar-refractivity contribution in [2.45, 2.75) is 12.7 Å². The zero-order chi connectivity index (χ0) is 21.5. The molecule has 1 aliphatic heterocycles. The molecule has 1 aliphatic rings. The third-order valence-electron chi connectivity index (χ3n) is 4.75. The monoisotopic (exact) mass is 426 g/mol. The summed E-state index contributed by atoms with van der Waals surface area (Å²) in [5.74, 6) is -0.183. The number of carbonyl (C=O) groups excluding carboxylic acids is 1. The smallest absolute Gasteiger partial charge is 0.261 e. The van der Waals surface area contributed by atoms with E-state index in [1.54, 1.807) is 19.2 Å². The molecule has 30 heavy (non-hydrogen) atoms. The number of hydrogen-bond donors (Lipinski definition) is 1. The fourth-order valence-corrected chi connectivity index (χ4v) is 4.44. The summed E-state index contributed by atoms with van der Waals surface area (Å²) in [6.07, 6.45) is 0. The zero-order valence-electron chi connectivity index (χ0n) is 16.3. The summed E-state index contributed by atoms with van der Waals surface area (Å²) in [5, 5.41) is 0. The average Bonchev–Trinajstić information content (AvgIpc) is 2.79. The van der Waals surface area contributed by atoms with Crippen molar-refractivity contribution in [2.24, 2.45) is 0 Å². The molecule has 0 aliphatic carbocycles. The van der Waals surface area contributed by atoms with Crippen LogP contribution in [-0.4, -0.2) is 21.4 Å². The molecular weight excluding hydrogens is 407 g/mol. The molecule has 1 amide bonds. The number of fused-ring (bicyclic) bond motifs is 2. The Bertz CT molecular complexity index is 1240.